The molecule has 0 fully saturated rings. The minimum Gasteiger partial charge on any atom is -0.341 e. The van der Waals surface area contributed by atoms with Gasteiger partial charge in [-0.25, -0.2) is 0 Å². The van der Waals surface area contributed by atoms with E-state index in [2.05, 4.69) is 171 Å². The van der Waals surface area contributed by atoms with Crippen LogP contribution < -0.4 is 9.80 Å². The lowest BCUT2D eigenvalue weighted by Crippen LogP contribution is -2.20. The monoisotopic (exact) mass is 793 g/mol. The summed E-state index contributed by atoms with van der Waals surface area (Å²) < 4.78 is 0. The molecule has 0 aromatic heterocycles. The Labute approximate surface area is 363 Å². The quantitative estimate of drug-likeness (QED) is 0.0674. The second kappa shape index (κ2) is 21.3. The highest BCUT2D eigenvalue weighted by Crippen LogP contribution is 2.44. The molecule has 0 aliphatic heterocycles. The van der Waals surface area contributed by atoms with Crippen LogP contribution >= 0.6 is 0 Å². The minimum atomic E-state index is 0.907. The van der Waals surface area contributed by atoms with Crippen molar-refractivity contribution >= 4 is 28.3 Å². The number of hydrogen-bond acceptors (Lipinski definition) is 2. The molecule has 0 bridgehead atoms. The topological polar surface area (TPSA) is 6.48 Å². The summed E-state index contributed by atoms with van der Waals surface area (Å²) in [6, 6.07) is 51.4. The summed E-state index contributed by atoms with van der Waals surface area (Å²) in [4.78, 5) is 5.00. The highest BCUT2D eigenvalue weighted by molar-refractivity contribution is 6.00. The molecule has 0 saturated carbocycles. The summed E-state index contributed by atoms with van der Waals surface area (Å²) in [5.41, 5.74) is 19.7. The van der Waals surface area contributed by atoms with E-state index in [0.717, 1.165) is 57.2 Å². The molecule has 2 heteroatoms. The lowest BCUT2D eigenvalue weighted by Gasteiger charge is -2.26. The van der Waals surface area contributed by atoms with Crippen LogP contribution in [0.2, 0.25) is 0 Å². The summed E-state index contributed by atoms with van der Waals surface area (Å²) in [6.07, 6.45) is 16.3. The number of anilines is 4. The van der Waals surface area contributed by atoms with Gasteiger partial charge in [0.05, 0.1) is 0 Å². The Morgan fingerprint density at radius 3 is 0.850 bits per heavy atom. The average molecular weight is 793 g/mol. The van der Waals surface area contributed by atoms with Gasteiger partial charge in [0, 0.05) is 35.8 Å². The summed E-state index contributed by atoms with van der Waals surface area (Å²) in [6.45, 7) is 15.6. The fraction of sp³-hybridized carbons (Fsp3) is 0.345. The predicted octanol–water partition coefficient (Wildman–Crippen LogP) is 15.9. The van der Waals surface area contributed by atoms with Gasteiger partial charge in [0.2, 0.25) is 0 Å². The van der Waals surface area contributed by atoms with Crippen LogP contribution in [0.4, 0.5) is 22.7 Å². The Hall–Kier alpha value is -5.34. The molecule has 0 saturated heterocycles. The Morgan fingerprint density at radius 1 is 0.317 bits per heavy atom. The third-order valence-corrected chi connectivity index (χ3v) is 12.6. The first-order valence-electron chi connectivity index (χ1n) is 23.3. The maximum atomic E-state index is 4.70. The van der Waals surface area contributed by atoms with E-state index in [9.17, 15) is 0 Å². The largest absolute Gasteiger partial charge is 0.341 e. The molecule has 7 rings (SSSR count). The van der Waals surface area contributed by atoms with Gasteiger partial charge < -0.3 is 9.80 Å². The molecule has 1 aliphatic rings. The molecule has 60 heavy (non-hydrogen) atoms. The summed E-state index contributed by atoms with van der Waals surface area (Å²) in [5.74, 6) is 0. The number of fused-ring (bicyclic) bond motifs is 3. The van der Waals surface area contributed by atoms with Crippen LogP contribution in [0.25, 0.3) is 16.7 Å². The molecule has 2 nitrogen and oxygen atoms in total. The van der Waals surface area contributed by atoms with Gasteiger partial charge in [-0.2, -0.15) is 0 Å². The SMILES string of the molecule is C=C1c2cc(CCN(c3ccc(CCCC)cc3)c3ccc(CCCC)cc3)ccc2-c2ccc(CCN(c3ccc(CCCC)cc3)c3ccc(CCCC)cc3)cc21. The highest BCUT2D eigenvalue weighted by Gasteiger charge is 2.23. The van der Waals surface area contributed by atoms with E-state index in [0.29, 0.717) is 0 Å². The Morgan fingerprint density at radius 2 is 0.583 bits per heavy atom. The van der Waals surface area contributed by atoms with Crippen molar-refractivity contribution < 1.29 is 0 Å². The van der Waals surface area contributed by atoms with Crippen molar-refractivity contribution in [2.45, 2.75) is 118 Å². The molecule has 6 aromatic rings. The molecule has 0 unspecified atom stereocenters. The number of nitrogens with zero attached hydrogens (tertiary/aromatic N) is 2. The normalized spacial score (nSPS) is 11.8. The van der Waals surface area contributed by atoms with Crippen LogP contribution in [0.15, 0.2) is 140 Å². The van der Waals surface area contributed by atoms with E-state index in [1.165, 1.54) is 130 Å². The molecule has 0 amide bonds. The minimum absolute atomic E-state index is 0.907. The van der Waals surface area contributed by atoms with Crippen molar-refractivity contribution in [1.29, 1.82) is 0 Å². The zero-order chi connectivity index (χ0) is 41.7. The van der Waals surface area contributed by atoms with Crippen molar-refractivity contribution in [1.82, 2.24) is 0 Å². The van der Waals surface area contributed by atoms with Crippen molar-refractivity contribution in [2.24, 2.45) is 0 Å². The molecule has 0 N–H and O–H groups in total. The fourth-order valence-corrected chi connectivity index (χ4v) is 8.80. The van der Waals surface area contributed by atoms with Crippen molar-refractivity contribution in [3.63, 3.8) is 0 Å². The van der Waals surface area contributed by atoms with Crippen LogP contribution in [0.1, 0.15) is 124 Å². The number of aryl methyl sites for hydroxylation is 4. The zero-order valence-electron chi connectivity index (χ0n) is 37.1. The fourth-order valence-electron chi connectivity index (χ4n) is 8.80. The molecule has 0 atom stereocenters. The summed E-state index contributed by atoms with van der Waals surface area (Å²) in [5, 5.41) is 0. The van der Waals surface area contributed by atoms with Crippen LogP contribution in [-0.4, -0.2) is 13.1 Å². The maximum absolute atomic E-state index is 4.70. The molecular weight excluding hydrogens is 725 g/mol. The Bertz CT molecular complexity index is 2000. The van der Waals surface area contributed by atoms with E-state index < -0.39 is 0 Å². The lowest BCUT2D eigenvalue weighted by molar-refractivity contribution is 0.794. The molecule has 0 spiro atoms. The van der Waals surface area contributed by atoms with Crippen LogP contribution in [0.5, 0.6) is 0 Å². The van der Waals surface area contributed by atoms with Crippen LogP contribution in [0.3, 0.4) is 0 Å². The first-order valence-corrected chi connectivity index (χ1v) is 23.3. The van der Waals surface area contributed by atoms with Gasteiger partial charge in [-0.3, -0.25) is 0 Å². The van der Waals surface area contributed by atoms with Gasteiger partial charge in [-0.1, -0.05) is 145 Å². The van der Waals surface area contributed by atoms with Gasteiger partial charge in [-0.05, 0) is 174 Å². The second-order valence-electron chi connectivity index (χ2n) is 17.1. The molecule has 0 radical (unpaired) electrons. The Balaban J connectivity index is 1.06. The van der Waals surface area contributed by atoms with Crippen molar-refractivity contribution in [3.8, 4) is 11.1 Å². The zero-order valence-corrected chi connectivity index (χ0v) is 37.1. The number of benzene rings is 6. The third-order valence-electron chi connectivity index (χ3n) is 12.6. The molecule has 6 aromatic carbocycles. The average Bonchev–Trinajstić information content (AvgIpc) is 3.57. The third kappa shape index (κ3) is 10.7. The van der Waals surface area contributed by atoms with E-state index in [1.54, 1.807) is 0 Å². The second-order valence-corrected chi connectivity index (χ2v) is 17.1. The van der Waals surface area contributed by atoms with Crippen molar-refractivity contribution in [2.75, 3.05) is 22.9 Å². The number of rotatable bonds is 22. The predicted molar refractivity (Wildman–Crippen MR) is 262 cm³/mol. The molecule has 0 heterocycles. The van der Waals surface area contributed by atoms with Gasteiger partial charge in [0.15, 0.2) is 0 Å². The first kappa shape index (κ1) is 42.8. The van der Waals surface area contributed by atoms with Gasteiger partial charge >= 0.3 is 0 Å². The maximum Gasteiger partial charge on any atom is 0.0411 e. The number of hydrogen-bond donors (Lipinski definition) is 0. The smallest absolute Gasteiger partial charge is 0.0411 e. The standard InChI is InChI=1S/C58H68N2/c1-6-10-14-45-18-28-51(29-19-45)59(52-30-20-46(21-31-52)15-11-7-2)40-38-49-26-36-55-56-37-27-50(43-58(56)44(5)57(55)42-49)39-41-60(53-32-22-47(23-33-53)16-12-8-3)54-34-24-48(25-35-54)17-13-9-4/h18-37,42-43H,5-17,38-41H2,1-4H3. The van der Waals surface area contributed by atoms with Crippen LogP contribution in [-0.2, 0) is 38.5 Å². The van der Waals surface area contributed by atoms with Gasteiger partial charge in [-0.15, -0.1) is 0 Å². The molecular formula is C58H68N2. The Kier molecular flexibility index (Phi) is 15.2. The highest BCUT2D eigenvalue weighted by atomic mass is 15.1. The number of unbranched alkanes of at least 4 members (excludes halogenated alkanes) is 4. The molecule has 1 aliphatic carbocycles. The lowest BCUT2D eigenvalue weighted by atomic mass is 10.0. The van der Waals surface area contributed by atoms with E-state index in [-0.39, 0.29) is 0 Å². The van der Waals surface area contributed by atoms with Crippen LogP contribution in [0, 0.1) is 0 Å². The molecule has 310 valence electrons. The first-order chi connectivity index (χ1) is 29.5. The van der Waals surface area contributed by atoms with Crippen molar-refractivity contribution in [3.05, 3.63) is 185 Å². The van der Waals surface area contributed by atoms with Gasteiger partial charge in [0.25, 0.3) is 0 Å². The summed E-state index contributed by atoms with van der Waals surface area (Å²) >= 11 is 0. The summed E-state index contributed by atoms with van der Waals surface area (Å²) in [7, 11) is 0. The van der Waals surface area contributed by atoms with Gasteiger partial charge in [0.1, 0.15) is 0 Å². The van der Waals surface area contributed by atoms with E-state index in [1.807, 2.05) is 0 Å². The van der Waals surface area contributed by atoms with E-state index in [4.69, 9.17) is 6.58 Å². The van der Waals surface area contributed by atoms with E-state index >= 15 is 0 Å².